The molecule has 7 nitrogen and oxygen atoms in total. The van der Waals surface area contributed by atoms with Crippen LogP contribution in [0.1, 0.15) is 16.1 Å². The fourth-order valence-corrected chi connectivity index (χ4v) is 2.53. The molecule has 3 rings (SSSR count). The number of amides is 1. The third-order valence-corrected chi connectivity index (χ3v) is 3.87. The fourth-order valence-electron chi connectivity index (χ4n) is 2.53. The largest absolute Gasteiger partial charge is 0.419 e. The standard InChI is InChI=1S/C19H18F2N4O3/c20-13-2-1-3-14(21)15(13)18-25-16(17(22)27)19(28-18)24-12-6-4-11(5-7-12)10-23-8-9-26/h1-7,23-24,26H,8-10H2,(H2,22,27). The second-order valence-electron chi connectivity index (χ2n) is 5.88. The minimum absolute atomic E-state index is 0.0476. The lowest BCUT2D eigenvalue weighted by Crippen LogP contribution is -2.17. The molecule has 0 bridgehead atoms. The third-order valence-electron chi connectivity index (χ3n) is 3.87. The molecular weight excluding hydrogens is 370 g/mol. The van der Waals surface area contributed by atoms with Crippen molar-refractivity contribution in [3.8, 4) is 11.5 Å². The van der Waals surface area contributed by atoms with E-state index in [1.165, 1.54) is 6.07 Å². The zero-order chi connectivity index (χ0) is 20.1. The number of halogens is 2. The van der Waals surface area contributed by atoms with Gasteiger partial charge in [0.2, 0.25) is 11.8 Å². The van der Waals surface area contributed by atoms with Crippen LogP contribution in [0, 0.1) is 11.6 Å². The summed E-state index contributed by atoms with van der Waals surface area (Å²) in [6.07, 6.45) is 0. The number of rotatable bonds is 8. The highest BCUT2D eigenvalue weighted by molar-refractivity contribution is 5.96. The third kappa shape index (κ3) is 4.33. The number of nitrogens with zero attached hydrogens (tertiary/aromatic N) is 1. The van der Waals surface area contributed by atoms with E-state index in [1.807, 2.05) is 12.1 Å². The van der Waals surface area contributed by atoms with E-state index in [0.29, 0.717) is 18.8 Å². The number of carbonyl (C=O) groups is 1. The number of aliphatic hydroxyl groups is 1. The maximum atomic E-state index is 14.0. The molecule has 1 aromatic heterocycles. The second kappa shape index (κ2) is 8.59. The fraction of sp³-hybridized carbons (Fsp3) is 0.158. The van der Waals surface area contributed by atoms with Crippen molar-refractivity contribution < 1.29 is 23.1 Å². The highest BCUT2D eigenvalue weighted by Gasteiger charge is 2.23. The first-order valence-corrected chi connectivity index (χ1v) is 8.42. The predicted octanol–water partition coefficient (Wildman–Crippen LogP) is 2.54. The average Bonchev–Trinajstić information content (AvgIpc) is 3.07. The van der Waals surface area contributed by atoms with E-state index >= 15 is 0 Å². The molecule has 5 N–H and O–H groups in total. The summed E-state index contributed by atoms with van der Waals surface area (Å²) in [5.74, 6) is -3.15. The SMILES string of the molecule is NC(=O)c1nc(-c2c(F)cccc2F)oc1Nc1ccc(CNCCO)cc1. The van der Waals surface area contributed by atoms with Gasteiger partial charge in [0, 0.05) is 18.8 Å². The van der Waals surface area contributed by atoms with Crippen molar-refractivity contribution in [3.63, 3.8) is 0 Å². The quantitative estimate of drug-likeness (QED) is 0.441. The van der Waals surface area contributed by atoms with Crippen LogP contribution < -0.4 is 16.4 Å². The first kappa shape index (κ1) is 19.5. The molecule has 0 saturated heterocycles. The highest BCUT2D eigenvalue weighted by atomic mass is 19.1. The molecule has 0 aliphatic heterocycles. The molecule has 0 unspecified atom stereocenters. The molecule has 0 aliphatic rings. The highest BCUT2D eigenvalue weighted by Crippen LogP contribution is 2.31. The van der Waals surface area contributed by atoms with Gasteiger partial charge in [-0.2, -0.15) is 0 Å². The first-order valence-electron chi connectivity index (χ1n) is 8.42. The zero-order valence-corrected chi connectivity index (χ0v) is 14.7. The number of aliphatic hydroxyl groups excluding tert-OH is 1. The van der Waals surface area contributed by atoms with E-state index in [1.54, 1.807) is 12.1 Å². The van der Waals surface area contributed by atoms with Crippen molar-refractivity contribution in [1.29, 1.82) is 0 Å². The van der Waals surface area contributed by atoms with E-state index in [-0.39, 0.29) is 18.2 Å². The Labute approximate surface area is 159 Å². The van der Waals surface area contributed by atoms with Crippen LogP contribution in [0.2, 0.25) is 0 Å². The summed E-state index contributed by atoms with van der Waals surface area (Å²) >= 11 is 0. The van der Waals surface area contributed by atoms with E-state index in [0.717, 1.165) is 17.7 Å². The van der Waals surface area contributed by atoms with Crippen molar-refractivity contribution in [2.45, 2.75) is 6.54 Å². The molecule has 1 heterocycles. The Balaban J connectivity index is 1.86. The van der Waals surface area contributed by atoms with Crippen LogP contribution in [-0.2, 0) is 6.54 Å². The zero-order valence-electron chi connectivity index (χ0n) is 14.7. The molecule has 3 aromatic rings. The number of benzene rings is 2. The van der Waals surface area contributed by atoms with Gasteiger partial charge in [-0.3, -0.25) is 4.79 Å². The van der Waals surface area contributed by atoms with Gasteiger partial charge < -0.3 is 25.9 Å². The van der Waals surface area contributed by atoms with E-state index in [4.69, 9.17) is 15.3 Å². The summed E-state index contributed by atoms with van der Waals surface area (Å²) in [7, 11) is 0. The van der Waals surface area contributed by atoms with Gasteiger partial charge in [0.05, 0.1) is 6.61 Å². The maximum absolute atomic E-state index is 14.0. The average molecular weight is 388 g/mol. The van der Waals surface area contributed by atoms with Crippen LogP contribution >= 0.6 is 0 Å². The summed E-state index contributed by atoms with van der Waals surface area (Å²) < 4.78 is 33.4. The Morgan fingerprint density at radius 3 is 2.43 bits per heavy atom. The van der Waals surface area contributed by atoms with E-state index in [2.05, 4.69) is 15.6 Å². The normalized spacial score (nSPS) is 10.8. The predicted molar refractivity (Wildman–Crippen MR) is 98.9 cm³/mol. The molecule has 0 spiro atoms. The number of nitrogens with two attached hydrogens (primary N) is 1. The smallest absolute Gasteiger partial charge is 0.273 e. The molecule has 28 heavy (non-hydrogen) atoms. The Morgan fingerprint density at radius 1 is 1.14 bits per heavy atom. The Kier molecular flexibility index (Phi) is 5.97. The number of hydrogen-bond donors (Lipinski definition) is 4. The van der Waals surface area contributed by atoms with Gasteiger partial charge in [-0.05, 0) is 29.8 Å². The van der Waals surface area contributed by atoms with Crippen LogP contribution in [0.4, 0.5) is 20.4 Å². The molecule has 146 valence electrons. The summed E-state index contributed by atoms with van der Waals surface area (Å²) in [4.78, 5) is 15.5. The van der Waals surface area contributed by atoms with Gasteiger partial charge >= 0.3 is 0 Å². The van der Waals surface area contributed by atoms with Gasteiger partial charge in [-0.1, -0.05) is 18.2 Å². The number of primary amides is 1. The molecule has 0 fully saturated rings. The Morgan fingerprint density at radius 2 is 1.82 bits per heavy atom. The number of nitrogens with one attached hydrogen (secondary N) is 2. The van der Waals surface area contributed by atoms with Gasteiger partial charge in [0.25, 0.3) is 5.91 Å². The van der Waals surface area contributed by atoms with Gasteiger partial charge in [-0.15, -0.1) is 0 Å². The van der Waals surface area contributed by atoms with E-state index in [9.17, 15) is 13.6 Å². The molecule has 0 radical (unpaired) electrons. The summed E-state index contributed by atoms with van der Waals surface area (Å²) in [6.45, 7) is 1.10. The Bertz CT molecular complexity index is 954. The summed E-state index contributed by atoms with van der Waals surface area (Å²) in [6, 6.07) is 10.4. The lowest BCUT2D eigenvalue weighted by atomic mass is 10.2. The van der Waals surface area contributed by atoms with Crippen molar-refractivity contribution in [2.24, 2.45) is 5.73 Å². The van der Waals surface area contributed by atoms with Crippen LogP contribution in [0.5, 0.6) is 0 Å². The van der Waals surface area contributed by atoms with Gasteiger partial charge in [0.15, 0.2) is 5.69 Å². The maximum Gasteiger partial charge on any atom is 0.273 e. The van der Waals surface area contributed by atoms with Crippen molar-refractivity contribution >= 4 is 17.5 Å². The number of carbonyl (C=O) groups excluding carboxylic acids is 1. The van der Waals surface area contributed by atoms with E-state index < -0.39 is 29.0 Å². The Hall–Kier alpha value is -3.30. The summed E-state index contributed by atoms with van der Waals surface area (Å²) in [5, 5.41) is 14.7. The van der Waals surface area contributed by atoms with Crippen molar-refractivity contribution in [1.82, 2.24) is 10.3 Å². The lowest BCUT2D eigenvalue weighted by Gasteiger charge is -2.06. The number of aromatic nitrogens is 1. The topological polar surface area (TPSA) is 113 Å². The van der Waals surface area contributed by atoms with Crippen LogP contribution in [0.25, 0.3) is 11.5 Å². The monoisotopic (exact) mass is 388 g/mol. The molecule has 2 aromatic carbocycles. The molecular formula is C19H18F2N4O3. The first-order chi connectivity index (χ1) is 13.5. The number of hydrogen-bond acceptors (Lipinski definition) is 6. The van der Waals surface area contributed by atoms with Crippen LogP contribution in [0.3, 0.4) is 0 Å². The van der Waals surface area contributed by atoms with Crippen molar-refractivity contribution in [2.75, 3.05) is 18.5 Å². The second-order valence-corrected chi connectivity index (χ2v) is 5.88. The van der Waals surface area contributed by atoms with Gasteiger partial charge in [0.1, 0.15) is 17.2 Å². The van der Waals surface area contributed by atoms with Crippen LogP contribution in [-0.4, -0.2) is 29.1 Å². The minimum Gasteiger partial charge on any atom is -0.419 e. The number of anilines is 2. The lowest BCUT2D eigenvalue weighted by molar-refractivity contribution is 0.0996. The molecule has 0 atom stereocenters. The summed E-state index contributed by atoms with van der Waals surface area (Å²) in [5.41, 5.74) is 6.09. The minimum atomic E-state index is -0.904. The number of oxazole rings is 1. The van der Waals surface area contributed by atoms with Gasteiger partial charge in [-0.25, -0.2) is 13.8 Å². The molecule has 0 aliphatic carbocycles. The molecule has 1 amide bonds. The molecule has 9 heteroatoms. The van der Waals surface area contributed by atoms with Crippen LogP contribution in [0.15, 0.2) is 46.9 Å². The molecule has 0 saturated carbocycles. The van der Waals surface area contributed by atoms with Crippen molar-refractivity contribution in [3.05, 3.63) is 65.4 Å².